The molecule has 128 valence electrons. The number of carbonyl (C=O) groups is 1. The van der Waals surface area contributed by atoms with Crippen molar-refractivity contribution in [1.82, 2.24) is 10.3 Å². The number of aliphatic hydroxyl groups is 1. The van der Waals surface area contributed by atoms with Gasteiger partial charge in [0.1, 0.15) is 11.6 Å². The quantitative estimate of drug-likeness (QED) is 0.679. The number of fused-ring (bicyclic) bond motifs is 1. The maximum atomic E-state index is 13.5. The molecule has 0 aliphatic rings. The molecule has 1 atom stereocenters. The first-order valence-electron chi connectivity index (χ1n) is 7.48. The molecule has 3 rings (SSSR count). The van der Waals surface area contributed by atoms with Gasteiger partial charge in [0.15, 0.2) is 0 Å². The van der Waals surface area contributed by atoms with Gasteiger partial charge < -0.3 is 15.4 Å². The molecule has 7 heteroatoms. The predicted molar refractivity (Wildman–Crippen MR) is 88.2 cm³/mol. The number of benzene rings is 2. The van der Waals surface area contributed by atoms with E-state index < -0.39 is 29.2 Å². The van der Waals surface area contributed by atoms with Gasteiger partial charge in [0.2, 0.25) is 5.56 Å². The summed E-state index contributed by atoms with van der Waals surface area (Å²) in [5, 5.41) is 12.8. The monoisotopic (exact) mass is 344 g/mol. The fraction of sp³-hybridized carbons (Fsp3) is 0.111. The van der Waals surface area contributed by atoms with Gasteiger partial charge >= 0.3 is 0 Å². The number of hydrogen-bond donors (Lipinski definition) is 3. The highest BCUT2D eigenvalue weighted by atomic mass is 19.1. The van der Waals surface area contributed by atoms with E-state index >= 15 is 0 Å². The highest BCUT2D eigenvalue weighted by molar-refractivity contribution is 6.05. The molecular formula is C18H14F2N2O3. The minimum absolute atomic E-state index is 0.00954. The Labute approximate surface area is 140 Å². The molecule has 0 bridgehead atoms. The summed E-state index contributed by atoms with van der Waals surface area (Å²) in [5.74, 6) is -1.69. The summed E-state index contributed by atoms with van der Waals surface area (Å²) < 4.78 is 26.6. The molecule has 0 aliphatic carbocycles. The average Bonchev–Trinajstić information content (AvgIpc) is 2.59. The smallest absolute Gasteiger partial charge is 0.252 e. The summed E-state index contributed by atoms with van der Waals surface area (Å²) in [6.45, 7) is -0.189. The van der Waals surface area contributed by atoms with E-state index in [-0.39, 0.29) is 17.5 Å². The van der Waals surface area contributed by atoms with E-state index in [9.17, 15) is 23.5 Å². The van der Waals surface area contributed by atoms with Crippen LogP contribution < -0.4 is 10.9 Å². The van der Waals surface area contributed by atoms with E-state index in [1.165, 1.54) is 30.3 Å². The number of carbonyl (C=O) groups excluding carboxylic acids is 1. The van der Waals surface area contributed by atoms with Crippen LogP contribution in [0.25, 0.3) is 10.9 Å². The van der Waals surface area contributed by atoms with E-state index in [1.54, 1.807) is 0 Å². The maximum absolute atomic E-state index is 13.5. The van der Waals surface area contributed by atoms with Crippen molar-refractivity contribution in [1.29, 1.82) is 0 Å². The Morgan fingerprint density at radius 1 is 1.12 bits per heavy atom. The van der Waals surface area contributed by atoms with Gasteiger partial charge in [0.05, 0.1) is 11.7 Å². The highest BCUT2D eigenvalue weighted by Crippen LogP contribution is 2.17. The SMILES string of the molecule is O=C(NCC(O)c1cccc(F)c1)c1cc(=O)[nH]c2ccc(F)cc12. The van der Waals surface area contributed by atoms with Crippen molar-refractivity contribution in [2.24, 2.45) is 0 Å². The number of aromatic amines is 1. The van der Waals surface area contributed by atoms with Gasteiger partial charge in [-0.25, -0.2) is 8.78 Å². The zero-order valence-electron chi connectivity index (χ0n) is 12.9. The lowest BCUT2D eigenvalue weighted by atomic mass is 10.1. The van der Waals surface area contributed by atoms with Gasteiger partial charge in [-0.3, -0.25) is 9.59 Å². The van der Waals surface area contributed by atoms with E-state index in [1.807, 2.05) is 0 Å². The molecular weight excluding hydrogens is 330 g/mol. The van der Waals surface area contributed by atoms with Crippen molar-refractivity contribution < 1.29 is 18.7 Å². The molecule has 1 heterocycles. The maximum Gasteiger partial charge on any atom is 0.252 e. The first-order valence-corrected chi connectivity index (χ1v) is 7.48. The van der Waals surface area contributed by atoms with Gasteiger partial charge in [-0.1, -0.05) is 12.1 Å². The van der Waals surface area contributed by atoms with Crippen LogP contribution in [0.15, 0.2) is 53.3 Å². The van der Waals surface area contributed by atoms with Crippen molar-refractivity contribution >= 4 is 16.8 Å². The zero-order chi connectivity index (χ0) is 18.0. The predicted octanol–water partition coefficient (Wildman–Crippen LogP) is 2.27. The molecule has 2 aromatic carbocycles. The summed E-state index contributed by atoms with van der Waals surface area (Å²) in [6.07, 6.45) is -1.12. The van der Waals surface area contributed by atoms with Crippen molar-refractivity contribution in [3.8, 4) is 0 Å². The molecule has 0 aliphatic heterocycles. The van der Waals surface area contributed by atoms with E-state index in [4.69, 9.17) is 0 Å². The number of amides is 1. The van der Waals surface area contributed by atoms with Crippen LogP contribution in [0, 0.1) is 11.6 Å². The topological polar surface area (TPSA) is 82.2 Å². The third kappa shape index (κ3) is 3.72. The third-order valence-electron chi connectivity index (χ3n) is 3.74. The van der Waals surface area contributed by atoms with Crippen LogP contribution in [-0.2, 0) is 0 Å². The Kier molecular flexibility index (Phi) is 4.58. The second-order valence-electron chi connectivity index (χ2n) is 5.52. The molecule has 5 nitrogen and oxygen atoms in total. The molecule has 1 aromatic heterocycles. The van der Waals surface area contributed by atoms with Crippen LogP contribution in [0.1, 0.15) is 22.0 Å². The Hall–Kier alpha value is -3.06. The number of H-pyrrole nitrogens is 1. The summed E-state index contributed by atoms with van der Waals surface area (Å²) in [6, 6.07) is 10.1. The molecule has 1 amide bonds. The van der Waals surface area contributed by atoms with Crippen LogP contribution in [-0.4, -0.2) is 22.5 Å². The standard InChI is InChI=1S/C18H14F2N2O3/c19-11-3-1-2-10(6-11)16(23)9-21-18(25)14-8-17(24)22-15-5-4-12(20)7-13(14)15/h1-8,16,23H,9H2,(H,21,25)(H,22,24). The number of rotatable bonds is 4. The van der Waals surface area contributed by atoms with Crippen molar-refractivity contribution in [2.75, 3.05) is 6.54 Å². The zero-order valence-corrected chi connectivity index (χ0v) is 12.9. The summed E-state index contributed by atoms with van der Waals surface area (Å²) in [4.78, 5) is 26.5. The van der Waals surface area contributed by atoms with Crippen LogP contribution >= 0.6 is 0 Å². The van der Waals surface area contributed by atoms with Gasteiger partial charge in [0.25, 0.3) is 5.91 Å². The number of pyridine rings is 1. The minimum atomic E-state index is -1.12. The Morgan fingerprint density at radius 2 is 1.88 bits per heavy atom. The first-order chi connectivity index (χ1) is 11.9. The fourth-order valence-corrected chi connectivity index (χ4v) is 2.53. The lowest BCUT2D eigenvalue weighted by Crippen LogP contribution is -2.29. The van der Waals surface area contributed by atoms with Crippen LogP contribution in [0.4, 0.5) is 8.78 Å². The summed E-state index contributed by atoms with van der Waals surface area (Å²) in [7, 11) is 0. The van der Waals surface area contributed by atoms with Crippen LogP contribution in [0.2, 0.25) is 0 Å². The number of nitrogens with one attached hydrogen (secondary N) is 2. The van der Waals surface area contributed by atoms with Crippen LogP contribution in [0.5, 0.6) is 0 Å². The molecule has 0 fully saturated rings. The highest BCUT2D eigenvalue weighted by Gasteiger charge is 2.15. The van der Waals surface area contributed by atoms with Gasteiger partial charge in [-0.15, -0.1) is 0 Å². The lowest BCUT2D eigenvalue weighted by molar-refractivity contribution is 0.0917. The van der Waals surface area contributed by atoms with E-state index in [0.29, 0.717) is 11.1 Å². The van der Waals surface area contributed by atoms with Crippen molar-refractivity contribution in [3.63, 3.8) is 0 Å². The third-order valence-corrected chi connectivity index (χ3v) is 3.74. The average molecular weight is 344 g/mol. The Balaban J connectivity index is 1.83. The number of halogens is 2. The van der Waals surface area contributed by atoms with Gasteiger partial charge in [0, 0.05) is 23.5 Å². The molecule has 0 saturated heterocycles. The first kappa shape index (κ1) is 16.8. The molecule has 3 N–H and O–H groups in total. The van der Waals surface area contributed by atoms with Gasteiger partial charge in [-0.2, -0.15) is 0 Å². The molecule has 0 radical (unpaired) electrons. The van der Waals surface area contributed by atoms with Gasteiger partial charge in [-0.05, 0) is 35.9 Å². The molecule has 3 aromatic rings. The summed E-state index contributed by atoms with van der Waals surface area (Å²) in [5.41, 5.74) is 0.117. The Morgan fingerprint density at radius 3 is 2.64 bits per heavy atom. The van der Waals surface area contributed by atoms with Crippen molar-refractivity contribution in [2.45, 2.75) is 6.10 Å². The number of aromatic nitrogens is 1. The molecule has 25 heavy (non-hydrogen) atoms. The molecule has 0 spiro atoms. The summed E-state index contributed by atoms with van der Waals surface area (Å²) >= 11 is 0. The van der Waals surface area contributed by atoms with Crippen molar-refractivity contribution in [3.05, 3.63) is 81.6 Å². The molecule has 0 saturated carbocycles. The minimum Gasteiger partial charge on any atom is -0.387 e. The normalized spacial score (nSPS) is 12.1. The number of aliphatic hydroxyl groups excluding tert-OH is 1. The fourth-order valence-electron chi connectivity index (χ4n) is 2.53. The lowest BCUT2D eigenvalue weighted by Gasteiger charge is -2.13. The second-order valence-corrected chi connectivity index (χ2v) is 5.52. The number of hydrogen-bond acceptors (Lipinski definition) is 3. The molecule has 1 unspecified atom stereocenters. The second kappa shape index (κ2) is 6.82. The Bertz CT molecular complexity index is 1000. The van der Waals surface area contributed by atoms with E-state index in [2.05, 4.69) is 10.3 Å². The van der Waals surface area contributed by atoms with Crippen LogP contribution in [0.3, 0.4) is 0 Å². The van der Waals surface area contributed by atoms with E-state index in [0.717, 1.165) is 18.2 Å². The largest absolute Gasteiger partial charge is 0.387 e.